The van der Waals surface area contributed by atoms with Crippen LogP contribution in [0.3, 0.4) is 0 Å². The zero-order valence-electron chi connectivity index (χ0n) is 15.3. The summed E-state index contributed by atoms with van der Waals surface area (Å²) in [5.41, 5.74) is -0.410. The second-order valence-corrected chi connectivity index (χ2v) is 10.7. The van der Waals surface area contributed by atoms with Crippen molar-refractivity contribution in [1.82, 2.24) is 5.32 Å². The molecule has 3 aromatic carbocycles. The average Bonchev–Trinajstić information content (AvgIpc) is 3.07. The number of hydrogen-bond acceptors (Lipinski definition) is 2. The van der Waals surface area contributed by atoms with Gasteiger partial charge in [0, 0.05) is 0 Å². The summed E-state index contributed by atoms with van der Waals surface area (Å²) in [4.78, 5) is 11.8. The van der Waals surface area contributed by atoms with Gasteiger partial charge in [0.2, 0.25) is 0 Å². The number of rotatable bonds is 5. The van der Waals surface area contributed by atoms with Gasteiger partial charge in [-0.3, -0.25) is 0 Å². The molecule has 1 atom stereocenters. The highest BCUT2D eigenvalue weighted by atomic mass is 31.2. The van der Waals surface area contributed by atoms with Crippen molar-refractivity contribution >= 4 is 29.3 Å². The smallest absolute Gasteiger partial charge is 0.407 e. The monoisotopic (exact) mass is 376 g/mol. The maximum atomic E-state index is 11.8. The Morgan fingerprint density at radius 1 is 0.815 bits per heavy atom. The van der Waals surface area contributed by atoms with Gasteiger partial charge in [0.25, 0.3) is 0 Å². The molecule has 0 bridgehead atoms. The highest BCUT2D eigenvalue weighted by molar-refractivity contribution is 7.95. The van der Waals surface area contributed by atoms with E-state index in [0.717, 1.165) is 6.16 Å². The molecule has 0 unspecified atom stereocenters. The fourth-order valence-corrected chi connectivity index (χ4v) is 8.62. The van der Waals surface area contributed by atoms with Crippen LogP contribution in [0.5, 0.6) is 0 Å². The molecule has 4 rings (SSSR count). The molecule has 1 N–H and O–H groups in total. The molecule has 27 heavy (non-hydrogen) atoms. The Hall–Kier alpha value is -2.64. The number of hydrogen-bond donors (Lipinski definition) is 1. The summed E-state index contributed by atoms with van der Waals surface area (Å²) < 4.78 is 5.29. The van der Waals surface area contributed by atoms with Gasteiger partial charge < -0.3 is 10.1 Å². The van der Waals surface area contributed by atoms with Crippen molar-refractivity contribution in [3.8, 4) is 0 Å². The van der Waals surface area contributed by atoms with Crippen LogP contribution in [0.15, 0.2) is 91.0 Å². The molecule has 0 aliphatic carbocycles. The lowest BCUT2D eigenvalue weighted by Crippen LogP contribution is -2.49. The van der Waals surface area contributed by atoms with Crippen LogP contribution in [0, 0.1) is 0 Å². The van der Waals surface area contributed by atoms with Crippen LogP contribution in [0.1, 0.15) is 6.92 Å². The number of carbonyl (C=O) groups is 1. The number of cyclic esters (lactones) is 1. The van der Waals surface area contributed by atoms with E-state index in [-0.39, 0.29) is 6.09 Å². The molecule has 0 radical (unpaired) electrons. The van der Waals surface area contributed by atoms with Gasteiger partial charge in [0.15, 0.2) is 0 Å². The van der Waals surface area contributed by atoms with Crippen LogP contribution in [0.2, 0.25) is 0 Å². The summed E-state index contributed by atoms with van der Waals surface area (Å²) in [7, 11) is -1.99. The number of carbonyl (C=O) groups excluding carboxylic acids is 1. The van der Waals surface area contributed by atoms with E-state index < -0.39 is 12.8 Å². The highest BCUT2D eigenvalue weighted by Crippen LogP contribution is 2.57. The van der Waals surface area contributed by atoms with Crippen LogP contribution in [-0.2, 0) is 4.74 Å². The van der Waals surface area contributed by atoms with Gasteiger partial charge in [-0.2, -0.15) is 0 Å². The first-order valence-electron chi connectivity index (χ1n) is 9.12. The fourth-order valence-electron chi connectivity index (χ4n) is 3.92. The maximum absolute atomic E-state index is 11.8. The molecule has 4 heteroatoms. The predicted molar refractivity (Wildman–Crippen MR) is 113 cm³/mol. The van der Waals surface area contributed by atoms with Crippen molar-refractivity contribution in [3.63, 3.8) is 0 Å². The molecule has 0 spiro atoms. The normalized spacial score (nSPS) is 19.4. The van der Waals surface area contributed by atoms with E-state index in [1.165, 1.54) is 15.9 Å². The zero-order valence-corrected chi connectivity index (χ0v) is 16.2. The van der Waals surface area contributed by atoms with E-state index in [0.29, 0.717) is 6.61 Å². The SMILES string of the molecule is C[C@@]1(C[P+](c2ccccc2)(c2ccccc2)c2ccccc2)COC(=O)N1. The number of ether oxygens (including phenoxy) is 1. The minimum Gasteiger partial charge on any atom is -0.447 e. The topological polar surface area (TPSA) is 38.3 Å². The van der Waals surface area contributed by atoms with Crippen molar-refractivity contribution in [3.05, 3.63) is 91.0 Å². The molecule has 1 aliphatic heterocycles. The molecule has 136 valence electrons. The summed E-state index contributed by atoms with van der Waals surface area (Å²) in [5.74, 6) is 0. The lowest BCUT2D eigenvalue weighted by molar-refractivity contribution is 0.174. The third kappa shape index (κ3) is 3.36. The Morgan fingerprint density at radius 2 is 1.22 bits per heavy atom. The van der Waals surface area contributed by atoms with Crippen LogP contribution < -0.4 is 21.2 Å². The van der Waals surface area contributed by atoms with E-state index in [2.05, 4.69) is 103 Å². The van der Waals surface area contributed by atoms with Gasteiger partial charge in [-0.05, 0) is 43.3 Å². The Morgan fingerprint density at radius 3 is 1.56 bits per heavy atom. The van der Waals surface area contributed by atoms with E-state index >= 15 is 0 Å². The van der Waals surface area contributed by atoms with Gasteiger partial charge in [0.1, 0.15) is 35.3 Å². The Kier molecular flexibility index (Phi) is 4.72. The first-order chi connectivity index (χ1) is 13.1. The molecule has 1 amide bonds. The quantitative estimate of drug-likeness (QED) is 0.693. The summed E-state index contributed by atoms with van der Waals surface area (Å²) in [6.07, 6.45) is 0.480. The Balaban J connectivity index is 1.96. The molecule has 3 nitrogen and oxygen atoms in total. The molecular formula is C23H23NO2P+. The fraction of sp³-hybridized carbons (Fsp3) is 0.174. The average molecular weight is 376 g/mol. The van der Waals surface area contributed by atoms with Crippen molar-refractivity contribution in [2.75, 3.05) is 12.8 Å². The van der Waals surface area contributed by atoms with Gasteiger partial charge in [0.05, 0.1) is 6.16 Å². The lowest BCUT2D eigenvalue weighted by atomic mass is 10.1. The maximum Gasteiger partial charge on any atom is 0.407 e. The summed E-state index contributed by atoms with van der Waals surface area (Å²) in [5, 5.41) is 6.99. The van der Waals surface area contributed by atoms with Gasteiger partial charge in [-0.25, -0.2) is 4.79 Å². The zero-order chi connectivity index (χ0) is 18.7. The molecule has 1 aliphatic rings. The van der Waals surface area contributed by atoms with Gasteiger partial charge >= 0.3 is 6.09 Å². The van der Waals surface area contributed by atoms with Crippen LogP contribution in [0.4, 0.5) is 4.79 Å². The van der Waals surface area contributed by atoms with Crippen molar-refractivity contribution in [2.24, 2.45) is 0 Å². The third-order valence-electron chi connectivity index (χ3n) is 5.10. The number of amides is 1. The van der Waals surface area contributed by atoms with Crippen LogP contribution in [-0.4, -0.2) is 24.4 Å². The first kappa shape index (κ1) is 17.8. The number of alkyl carbamates (subject to hydrolysis) is 1. The van der Waals surface area contributed by atoms with Crippen molar-refractivity contribution in [2.45, 2.75) is 12.5 Å². The second kappa shape index (κ2) is 7.17. The highest BCUT2D eigenvalue weighted by Gasteiger charge is 2.53. The summed E-state index contributed by atoms with van der Waals surface area (Å²) >= 11 is 0. The molecular weight excluding hydrogens is 353 g/mol. The number of nitrogens with one attached hydrogen (secondary N) is 1. The largest absolute Gasteiger partial charge is 0.447 e. The minimum atomic E-state index is -1.99. The lowest BCUT2D eigenvalue weighted by Gasteiger charge is -2.33. The first-order valence-corrected chi connectivity index (χ1v) is 11.1. The minimum absolute atomic E-state index is 0.329. The van der Waals surface area contributed by atoms with Crippen LogP contribution in [0.25, 0.3) is 0 Å². The Bertz CT molecular complexity index is 818. The molecule has 1 heterocycles. The van der Waals surface area contributed by atoms with E-state index in [4.69, 9.17) is 4.74 Å². The Labute approximate surface area is 160 Å². The summed E-state index contributed by atoms with van der Waals surface area (Å²) in [6.45, 7) is 2.47. The summed E-state index contributed by atoms with van der Waals surface area (Å²) in [6, 6.07) is 32.1. The number of benzene rings is 3. The second-order valence-electron chi connectivity index (χ2n) is 7.24. The van der Waals surface area contributed by atoms with Gasteiger partial charge in [-0.15, -0.1) is 0 Å². The van der Waals surface area contributed by atoms with Crippen LogP contribution >= 0.6 is 7.26 Å². The molecule has 1 saturated heterocycles. The van der Waals surface area contributed by atoms with Gasteiger partial charge in [-0.1, -0.05) is 54.6 Å². The standard InChI is InChI=1S/C23H22NO2P/c1-23(17-26-22(25)24-23)18-27(19-11-5-2-6-12-19,20-13-7-3-8-14-20)21-15-9-4-10-16-21/h2-16H,17-18H2,1H3/p+1/t23-/m0/s1. The van der Waals surface area contributed by atoms with E-state index in [1.807, 2.05) is 0 Å². The van der Waals surface area contributed by atoms with Crippen molar-refractivity contribution < 1.29 is 9.53 Å². The molecule has 0 aromatic heterocycles. The predicted octanol–water partition coefficient (Wildman–Crippen LogP) is 3.48. The molecule has 3 aromatic rings. The molecule has 0 saturated carbocycles. The van der Waals surface area contributed by atoms with Crippen molar-refractivity contribution in [1.29, 1.82) is 0 Å². The van der Waals surface area contributed by atoms with E-state index in [1.54, 1.807) is 0 Å². The third-order valence-corrected chi connectivity index (χ3v) is 9.81. The van der Waals surface area contributed by atoms with E-state index in [9.17, 15) is 4.79 Å². The molecule has 1 fully saturated rings.